The first kappa shape index (κ1) is 99.1. The van der Waals surface area contributed by atoms with Crippen molar-refractivity contribution in [3.8, 4) is 0 Å². The zero-order valence-electron chi connectivity index (χ0n) is 66.5. The Labute approximate surface area is 619 Å². The van der Waals surface area contributed by atoms with Crippen molar-refractivity contribution in [1.82, 2.24) is 0 Å². The Kier molecular flexibility index (Phi) is 69.6. The summed E-state index contributed by atoms with van der Waals surface area (Å²) in [5.41, 5.74) is 0. The highest BCUT2D eigenvalue weighted by Crippen LogP contribution is 2.45. The molecule has 0 aromatic carbocycles. The average molecular weight is 1480 g/mol. The van der Waals surface area contributed by atoms with Crippen LogP contribution in [0.25, 0.3) is 0 Å². The SMILES string of the molecule is CC(C)CCCCCCCCCCCCCCCCCCC(=O)O[C@H](COC(=O)CCCCCCCCCCCCCCC(C)C)COP(=O)(O)OCC(O)COP(=O)(O)OC[C@@H](COC(=O)CCCCCCCCCC(C)C)OC(=O)CCCCCCCCCCCCCCCCC(C)C. The largest absolute Gasteiger partial charge is 0.472 e. The number of hydrogen-bond acceptors (Lipinski definition) is 15. The first-order valence-corrected chi connectivity index (χ1v) is 45.2. The van der Waals surface area contributed by atoms with Gasteiger partial charge in [0.2, 0.25) is 0 Å². The van der Waals surface area contributed by atoms with Crippen LogP contribution in [0.15, 0.2) is 0 Å². The standard InChI is InChI=1S/C82H160O17P2/c1-72(2)58-50-42-34-27-21-15-11-9-10-12-17-25-31-39-48-56-64-81(86)98-77(68-92-79(84)62-54-46-38-30-24-20-19-23-29-36-44-52-60-74(5)6)70-96-100(88,89)94-66-76(83)67-95-101(90,91)97-71-78(69-93-80(85)63-55-47-41-33-37-45-53-61-75(7)8)99-82(87)65-57-49-40-32-26-18-14-13-16-22-28-35-43-51-59-73(3)4/h72-78,83H,9-71H2,1-8H3,(H,88,89)(H,90,91)/t76?,77-,78-/m1/s1. The number of aliphatic hydroxyl groups excluding tert-OH is 1. The molecule has 0 spiro atoms. The molecule has 3 unspecified atom stereocenters. The molecule has 0 bridgehead atoms. The van der Waals surface area contributed by atoms with Crippen molar-refractivity contribution in [2.45, 2.75) is 440 Å². The number of phosphoric acid groups is 2. The van der Waals surface area contributed by atoms with Crippen molar-refractivity contribution in [1.29, 1.82) is 0 Å². The van der Waals surface area contributed by atoms with Gasteiger partial charge in [0.15, 0.2) is 12.2 Å². The van der Waals surface area contributed by atoms with E-state index in [2.05, 4.69) is 55.4 Å². The Hall–Kier alpha value is -1.94. The highest BCUT2D eigenvalue weighted by atomic mass is 31.2. The van der Waals surface area contributed by atoms with E-state index in [1.807, 2.05) is 0 Å². The fourth-order valence-corrected chi connectivity index (χ4v) is 14.2. The second-order valence-electron chi connectivity index (χ2n) is 31.4. The third-order valence-corrected chi connectivity index (χ3v) is 21.0. The van der Waals surface area contributed by atoms with Crippen LogP contribution in [0.2, 0.25) is 0 Å². The van der Waals surface area contributed by atoms with E-state index in [1.165, 1.54) is 218 Å². The molecular formula is C82H160O17P2. The molecule has 0 fully saturated rings. The lowest BCUT2D eigenvalue weighted by atomic mass is 10.0. The fourth-order valence-electron chi connectivity index (χ4n) is 12.6. The molecule has 5 atom stereocenters. The summed E-state index contributed by atoms with van der Waals surface area (Å²) in [6.07, 6.45) is 58.3. The van der Waals surface area contributed by atoms with E-state index in [-0.39, 0.29) is 25.7 Å². The van der Waals surface area contributed by atoms with Gasteiger partial charge in [-0.1, -0.05) is 370 Å². The maximum atomic E-state index is 13.1. The monoisotopic (exact) mass is 1480 g/mol. The summed E-state index contributed by atoms with van der Waals surface area (Å²) in [5.74, 6) is 0.978. The van der Waals surface area contributed by atoms with E-state index in [1.54, 1.807) is 0 Å². The minimum atomic E-state index is -4.96. The molecule has 0 amide bonds. The molecule has 600 valence electrons. The van der Waals surface area contributed by atoms with E-state index in [9.17, 15) is 43.2 Å². The van der Waals surface area contributed by atoms with Gasteiger partial charge in [0.25, 0.3) is 0 Å². The lowest BCUT2D eigenvalue weighted by Gasteiger charge is -2.21. The number of hydrogen-bond donors (Lipinski definition) is 3. The van der Waals surface area contributed by atoms with Gasteiger partial charge in [-0.3, -0.25) is 37.3 Å². The van der Waals surface area contributed by atoms with E-state index >= 15 is 0 Å². The summed E-state index contributed by atoms with van der Waals surface area (Å²) in [5, 5.41) is 10.6. The van der Waals surface area contributed by atoms with Crippen molar-refractivity contribution in [2.24, 2.45) is 23.7 Å². The highest BCUT2D eigenvalue weighted by Gasteiger charge is 2.30. The lowest BCUT2D eigenvalue weighted by molar-refractivity contribution is -0.161. The number of carbonyl (C=O) groups is 4. The zero-order chi connectivity index (χ0) is 74.6. The van der Waals surface area contributed by atoms with Crippen LogP contribution in [0.4, 0.5) is 0 Å². The number of phosphoric ester groups is 2. The van der Waals surface area contributed by atoms with E-state index in [0.29, 0.717) is 31.6 Å². The van der Waals surface area contributed by atoms with Crippen LogP contribution in [-0.2, 0) is 65.4 Å². The zero-order valence-corrected chi connectivity index (χ0v) is 68.3. The van der Waals surface area contributed by atoms with Gasteiger partial charge in [0.05, 0.1) is 26.4 Å². The minimum absolute atomic E-state index is 0.106. The molecule has 3 N–H and O–H groups in total. The predicted molar refractivity (Wildman–Crippen MR) is 414 cm³/mol. The summed E-state index contributed by atoms with van der Waals surface area (Å²) in [4.78, 5) is 73.1. The van der Waals surface area contributed by atoms with Crippen LogP contribution >= 0.6 is 15.6 Å². The average Bonchev–Trinajstić information content (AvgIpc) is 0.949. The minimum Gasteiger partial charge on any atom is -0.462 e. The summed E-state index contributed by atoms with van der Waals surface area (Å²) in [6, 6.07) is 0. The summed E-state index contributed by atoms with van der Waals surface area (Å²) >= 11 is 0. The van der Waals surface area contributed by atoms with E-state index < -0.39 is 97.5 Å². The van der Waals surface area contributed by atoms with Gasteiger partial charge in [0.1, 0.15) is 19.3 Å². The first-order valence-electron chi connectivity index (χ1n) is 42.2. The molecule has 19 heteroatoms. The van der Waals surface area contributed by atoms with Gasteiger partial charge in [-0.15, -0.1) is 0 Å². The summed E-state index contributed by atoms with van der Waals surface area (Å²) in [6.45, 7) is 14.3. The van der Waals surface area contributed by atoms with Gasteiger partial charge in [-0.25, -0.2) is 9.13 Å². The molecule has 0 aliphatic heterocycles. The Balaban J connectivity index is 5.24. The maximum Gasteiger partial charge on any atom is 0.472 e. The van der Waals surface area contributed by atoms with Crippen LogP contribution in [0, 0.1) is 23.7 Å². The molecule has 0 aromatic heterocycles. The topological polar surface area (TPSA) is 237 Å². The second kappa shape index (κ2) is 71.0. The van der Waals surface area contributed by atoms with Crippen LogP contribution in [0.5, 0.6) is 0 Å². The van der Waals surface area contributed by atoms with Crippen molar-refractivity contribution in [3.05, 3.63) is 0 Å². The van der Waals surface area contributed by atoms with E-state index in [0.717, 1.165) is 114 Å². The van der Waals surface area contributed by atoms with Gasteiger partial charge in [-0.2, -0.15) is 0 Å². The van der Waals surface area contributed by atoms with Gasteiger partial charge in [-0.05, 0) is 49.4 Å². The third-order valence-electron chi connectivity index (χ3n) is 19.1. The van der Waals surface area contributed by atoms with Crippen LogP contribution in [-0.4, -0.2) is 96.7 Å². The predicted octanol–water partition coefficient (Wildman–Crippen LogP) is 24.4. The van der Waals surface area contributed by atoms with Crippen molar-refractivity contribution in [2.75, 3.05) is 39.6 Å². The second-order valence-corrected chi connectivity index (χ2v) is 34.3. The molecule has 0 aromatic rings. The van der Waals surface area contributed by atoms with Crippen molar-refractivity contribution in [3.63, 3.8) is 0 Å². The van der Waals surface area contributed by atoms with Crippen LogP contribution in [0.1, 0.15) is 421 Å². The molecule has 0 saturated heterocycles. The highest BCUT2D eigenvalue weighted by molar-refractivity contribution is 7.47. The normalized spacial score (nSPS) is 14.0. The van der Waals surface area contributed by atoms with Crippen molar-refractivity contribution < 1.29 is 80.2 Å². The third kappa shape index (κ3) is 76.1. The number of carbonyl (C=O) groups excluding carboxylic acids is 4. The van der Waals surface area contributed by atoms with Crippen molar-refractivity contribution >= 4 is 39.5 Å². The lowest BCUT2D eigenvalue weighted by Crippen LogP contribution is -2.30. The van der Waals surface area contributed by atoms with Crippen LogP contribution < -0.4 is 0 Å². The Morgan fingerprint density at radius 1 is 0.248 bits per heavy atom. The molecule has 0 rings (SSSR count). The number of ether oxygens (including phenoxy) is 4. The van der Waals surface area contributed by atoms with Crippen LogP contribution in [0.3, 0.4) is 0 Å². The summed E-state index contributed by atoms with van der Waals surface area (Å²) < 4.78 is 68.8. The number of unbranched alkanes of at least 4 members (excludes halogenated alkanes) is 45. The number of aliphatic hydroxyl groups is 1. The molecule has 0 aliphatic rings. The quantitative estimate of drug-likeness (QED) is 0.0222. The number of rotatable bonds is 79. The first-order chi connectivity index (χ1) is 48.6. The molecule has 101 heavy (non-hydrogen) atoms. The van der Waals surface area contributed by atoms with Gasteiger partial charge >= 0.3 is 39.5 Å². The Bertz CT molecular complexity index is 1970. The van der Waals surface area contributed by atoms with E-state index in [4.69, 9.17) is 37.0 Å². The van der Waals surface area contributed by atoms with Gasteiger partial charge < -0.3 is 33.8 Å². The summed E-state index contributed by atoms with van der Waals surface area (Å²) in [7, 11) is -9.92. The molecule has 0 saturated carbocycles. The number of esters is 4. The Morgan fingerprint density at radius 2 is 0.416 bits per heavy atom. The smallest absolute Gasteiger partial charge is 0.462 e. The molecule has 0 heterocycles. The van der Waals surface area contributed by atoms with Gasteiger partial charge in [0, 0.05) is 25.7 Å². The molecule has 17 nitrogen and oxygen atoms in total. The molecular weight excluding hydrogens is 1320 g/mol. The maximum absolute atomic E-state index is 13.1. The molecule has 0 radical (unpaired) electrons. The Morgan fingerprint density at radius 3 is 0.614 bits per heavy atom. The fraction of sp³-hybridized carbons (Fsp3) is 0.951. The molecule has 0 aliphatic carbocycles.